The summed E-state index contributed by atoms with van der Waals surface area (Å²) in [5.41, 5.74) is 11.2. The van der Waals surface area contributed by atoms with E-state index in [0.29, 0.717) is 37.2 Å². The minimum atomic E-state index is -0.640. The molecule has 2 aromatic heterocycles. The Hall–Kier alpha value is -5.66. The van der Waals surface area contributed by atoms with Gasteiger partial charge in [0, 0.05) is 26.1 Å². The summed E-state index contributed by atoms with van der Waals surface area (Å²) < 4.78 is 4.55. The highest BCUT2D eigenvalue weighted by Crippen LogP contribution is 2.33. The SMILES string of the molecule is CCC.CCCN(Cc1ncc(-c2ccc(-c3ccc(-c4cnc(C5CCCN5C(=O)CC(C)C)[nH]4)cc3)cc2)[nH]1)C(=O)CNC(=O)OC.NC1=NCCN1. The Bertz CT molecular complexity index is 1830. The summed E-state index contributed by atoms with van der Waals surface area (Å²) in [6, 6.07) is 16.6. The number of methoxy groups -OCH3 is 1. The van der Waals surface area contributed by atoms with Crippen molar-refractivity contribution in [2.45, 2.75) is 79.3 Å². The van der Waals surface area contributed by atoms with Crippen LogP contribution in [0.3, 0.4) is 0 Å². The van der Waals surface area contributed by atoms with Gasteiger partial charge < -0.3 is 40.9 Å². The molecule has 0 bridgehead atoms. The van der Waals surface area contributed by atoms with Crippen molar-refractivity contribution in [1.29, 1.82) is 0 Å². The predicted molar refractivity (Wildman–Crippen MR) is 217 cm³/mol. The third-order valence-electron chi connectivity index (χ3n) is 8.88. The van der Waals surface area contributed by atoms with Crippen molar-refractivity contribution >= 4 is 23.9 Å². The first-order valence-corrected chi connectivity index (χ1v) is 19.3. The molecule has 1 fully saturated rings. The second kappa shape index (κ2) is 21.3. The third-order valence-corrected chi connectivity index (χ3v) is 8.88. The minimum Gasteiger partial charge on any atom is -0.453 e. The molecule has 1 atom stereocenters. The van der Waals surface area contributed by atoms with E-state index in [-0.39, 0.29) is 24.4 Å². The normalized spacial score (nSPS) is 14.6. The van der Waals surface area contributed by atoms with E-state index in [1.165, 1.54) is 13.5 Å². The van der Waals surface area contributed by atoms with E-state index in [1.54, 1.807) is 11.1 Å². The van der Waals surface area contributed by atoms with Gasteiger partial charge in [-0.25, -0.2) is 14.8 Å². The first kappa shape index (κ1) is 42.1. The number of rotatable bonds is 12. The highest BCUT2D eigenvalue weighted by atomic mass is 16.5. The van der Waals surface area contributed by atoms with Crippen molar-refractivity contribution in [1.82, 2.24) is 40.4 Å². The summed E-state index contributed by atoms with van der Waals surface area (Å²) in [6.07, 6.45) is 7.51. The number of aromatic nitrogens is 4. The number of benzene rings is 2. The Kier molecular flexibility index (Phi) is 16.3. The average Bonchev–Trinajstić information content (AvgIpc) is 4.02. The number of imidazole rings is 2. The molecule has 14 heteroatoms. The Morgan fingerprint density at radius 2 is 1.55 bits per heavy atom. The molecule has 6 N–H and O–H groups in total. The molecule has 2 aromatic carbocycles. The first-order valence-electron chi connectivity index (χ1n) is 19.3. The Morgan fingerprint density at radius 1 is 0.945 bits per heavy atom. The lowest BCUT2D eigenvalue weighted by molar-refractivity contribution is -0.133. The van der Waals surface area contributed by atoms with Gasteiger partial charge >= 0.3 is 6.09 Å². The number of aliphatic imine (C=N–C) groups is 1. The van der Waals surface area contributed by atoms with E-state index in [4.69, 9.17) is 5.73 Å². The number of aromatic amines is 2. The van der Waals surface area contributed by atoms with Gasteiger partial charge in [0.2, 0.25) is 11.8 Å². The van der Waals surface area contributed by atoms with Crippen molar-refractivity contribution in [3.05, 3.63) is 72.6 Å². The second-order valence-electron chi connectivity index (χ2n) is 14.0. The van der Waals surface area contributed by atoms with Gasteiger partial charge in [-0.3, -0.25) is 14.6 Å². The van der Waals surface area contributed by atoms with Gasteiger partial charge in [0.25, 0.3) is 0 Å². The third kappa shape index (κ3) is 12.4. The predicted octanol–water partition coefficient (Wildman–Crippen LogP) is 6.26. The van der Waals surface area contributed by atoms with Crippen LogP contribution in [0.15, 0.2) is 65.9 Å². The standard InChI is InChI=1S/C35H43N7O4.C3H7N3.C3H8/c1-5-16-41(33(44)21-38-35(45)46-4)22-31-36-19-28(39-31)26-12-8-24(9-13-26)25-10-14-27(15-11-25)29-20-37-34(40-29)30-7-6-17-42(30)32(43)18-23(2)3;4-3-5-1-2-6-3;1-3-2/h8-15,19-20,23,30H,5-7,16-18,21-22H2,1-4H3,(H,36,39)(H,37,40)(H,38,45);1-2H2,(H3,4,5,6);3H2,1-2H3. The lowest BCUT2D eigenvalue weighted by Crippen LogP contribution is -2.40. The number of nitrogens with two attached hydrogens (primary N) is 1. The fraction of sp³-hybridized carbons (Fsp3) is 0.463. The molecular formula is C41H58N10O4. The fourth-order valence-electron chi connectivity index (χ4n) is 6.23. The number of guanidine groups is 1. The molecule has 2 aliphatic heterocycles. The molecule has 0 radical (unpaired) electrons. The summed E-state index contributed by atoms with van der Waals surface area (Å²) in [4.78, 5) is 60.2. The van der Waals surface area contributed by atoms with Crippen LogP contribution in [0, 0.1) is 5.92 Å². The second-order valence-corrected chi connectivity index (χ2v) is 14.0. The molecule has 1 saturated heterocycles. The van der Waals surface area contributed by atoms with Crippen LogP contribution in [0.5, 0.6) is 0 Å². The fourth-order valence-corrected chi connectivity index (χ4v) is 6.23. The number of carbonyl (C=O) groups excluding carboxylic acids is 3. The quantitative estimate of drug-likeness (QED) is 0.112. The maximum absolute atomic E-state index is 12.8. The number of alkyl carbamates (subject to hydrolysis) is 1. The van der Waals surface area contributed by atoms with Gasteiger partial charge in [-0.15, -0.1) is 0 Å². The van der Waals surface area contributed by atoms with Gasteiger partial charge in [-0.1, -0.05) is 89.6 Å². The van der Waals surface area contributed by atoms with E-state index in [1.807, 2.05) is 30.2 Å². The van der Waals surface area contributed by atoms with Crippen molar-refractivity contribution in [2.24, 2.45) is 16.6 Å². The highest BCUT2D eigenvalue weighted by Gasteiger charge is 2.32. The van der Waals surface area contributed by atoms with Gasteiger partial charge in [0.1, 0.15) is 18.2 Å². The summed E-state index contributed by atoms with van der Waals surface area (Å²) >= 11 is 0. The Labute approximate surface area is 324 Å². The summed E-state index contributed by atoms with van der Waals surface area (Å²) in [5.74, 6) is 2.43. The number of hydrogen-bond acceptors (Lipinski definition) is 9. The molecule has 296 valence electrons. The lowest BCUT2D eigenvalue weighted by atomic mass is 10.0. The zero-order chi connectivity index (χ0) is 39.7. The van der Waals surface area contributed by atoms with Crippen molar-refractivity contribution in [3.8, 4) is 33.6 Å². The Balaban J connectivity index is 0.000000663. The zero-order valence-electron chi connectivity index (χ0n) is 33.2. The van der Waals surface area contributed by atoms with E-state index in [0.717, 1.165) is 78.4 Å². The van der Waals surface area contributed by atoms with Crippen LogP contribution in [0.4, 0.5) is 4.79 Å². The molecular weight excluding hydrogens is 697 g/mol. The summed E-state index contributed by atoms with van der Waals surface area (Å²) in [5, 5.41) is 5.29. The number of hydrogen-bond donors (Lipinski definition) is 5. The van der Waals surface area contributed by atoms with Crippen molar-refractivity contribution < 1.29 is 19.1 Å². The summed E-state index contributed by atoms with van der Waals surface area (Å²) in [7, 11) is 1.26. The van der Waals surface area contributed by atoms with Crippen molar-refractivity contribution in [3.63, 3.8) is 0 Å². The van der Waals surface area contributed by atoms with Crippen LogP contribution < -0.4 is 16.4 Å². The molecule has 4 heterocycles. The van der Waals surface area contributed by atoms with Crippen LogP contribution in [-0.4, -0.2) is 93.4 Å². The molecule has 55 heavy (non-hydrogen) atoms. The smallest absolute Gasteiger partial charge is 0.407 e. The maximum atomic E-state index is 12.8. The molecule has 0 spiro atoms. The highest BCUT2D eigenvalue weighted by molar-refractivity contribution is 5.82. The topological polar surface area (TPSA) is 187 Å². The number of ether oxygens (including phenoxy) is 1. The van der Waals surface area contributed by atoms with Gasteiger partial charge in [0.05, 0.1) is 50.0 Å². The number of likely N-dealkylation sites (tertiary alicyclic amines) is 1. The molecule has 3 amide bonds. The number of nitrogens with zero attached hydrogens (tertiary/aromatic N) is 5. The molecule has 6 rings (SSSR count). The molecule has 2 aliphatic rings. The van der Waals surface area contributed by atoms with Crippen LogP contribution in [0.25, 0.3) is 33.6 Å². The number of H-pyrrole nitrogens is 2. The van der Waals surface area contributed by atoms with Crippen LogP contribution in [-0.2, 0) is 20.9 Å². The first-order chi connectivity index (χ1) is 26.6. The van der Waals surface area contributed by atoms with E-state index in [2.05, 4.69) is 104 Å². The minimum absolute atomic E-state index is 0.0110. The average molecular weight is 755 g/mol. The molecule has 14 nitrogen and oxygen atoms in total. The number of carbonyl (C=O) groups is 3. The number of amides is 3. The van der Waals surface area contributed by atoms with Crippen LogP contribution in [0.1, 0.15) is 84.4 Å². The van der Waals surface area contributed by atoms with Crippen LogP contribution >= 0.6 is 0 Å². The van der Waals surface area contributed by atoms with Gasteiger partial charge in [-0.2, -0.15) is 0 Å². The lowest BCUT2D eigenvalue weighted by Gasteiger charge is -2.24. The summed E-state index contributed by atoms with van der Waals surface area (Å²) in [6.45, 7) is 13.7. The maximum Gasteiger partial charge on any atom is 0.407 e. The zero-order valence-corrected chi connectivity index (χ0v) is 33.2. The Morgan fingerprint density at radius 3 is 2.07 bits per heavy atom. The van der Waals surface area contributed by atoms with Crippen molar-refractivity contribution in [2.75, 3.05) is 39.8 Å². The molecule has 0 saturated carbocycles. The largest absolute Gasteiger partial charge is 0.453 e. The van der Waals surface area contributed by atoms with Gasteiger partial charge in [-0.05, 0) is 47.4 Å². The van der Waals surface area contributed by atoms with E-state index >= 15 is 0 Å². The molecule has 4 aromatic rings. The van der Waals surface area contributed by atoms with E-state index < -0.39 is 6.09 Å². The van der Waals surface area contributed by atoms with Crippen LogP contribution in [0.2, 0.25) is 0 Å². The molecule has 1 unspecified atom stereocenters. The van der Waals surface area contributed by atoms with Gasteiger partial charge in [0.15, 0.2) is 5.96 Å². The number of nitrogens with one attached hydrogen (secondary N) is 4. The monoisotopic (exact) mass is 754 g/mol. The van der Waals surface area contributed by atoms with E-state index in [9.17, 15) is 14.4 Å². The molecule has 0 aliphatic carbocycles.